The number of hydrogen-bond acceptors (Lipinski definition) is 6. The van der Waals surface area contributed by atoms with E-state index in [1.807, 2.05) is 0 Å². The summed E-state index contributed by atoms with van der Waals surface area (Å²) in [6.45, 7) is 3.36. The van der Waals surface area contributed by atoms with Gasteiger partial charge in [0.2, 0.25) is 0 Å². The third-order valence-electron chi connectivity index (χ3n) is 3.26. The predicted octanol–water partition coefficient (Wildman–Crippen LogP) is 4.01. The molecule has 0 heterocycles. The van der Waals surface area contributed by atoms with Gasteiger partial charge in [-0.1, -0.05) is 15.9 Å². The average molecular weight is 514 g/mol. The fourth-order valence-electron chi connectivity index (χ4n) is 2.05. The van der Waals surface area contributed by atoms with Crippen LogP contribution in [0.25, 0.3) is 0 Å². The average Bonchev–Trinajstić information content (AvgIpc) is 2.63. The number of rotatable bonds is 7. The molecule has 0 saturated carbocycles. The molecule has 2 aromatic rings. The highest BCUT2D eigenvalue weighted by Gasteiger charge is 2.14. The number of nitrogens with one attached hydrogen (secondary N) is 1. The van der Waals surface area contributed by atoms with Gasteiger partial charge in [0.05, 0.1) is 22.4 Å². The lowest BCUT2D eigenvalue weighted by Crippen LogP contribution is -2.18. The van der Waals surface area contributed by atoms with Crippen LogP contribution in [-0.4, -0.2) is 35.9 Å². The highest BCUT2D eigenvalue weighted by Crippen LogP contribution is 2.31. The van der Waals surface area contributed by atoms with Crippen molar-refractivity contribution in [2.45, 2.75) is 20.0 Å². The lowest BCUT2D eigenvalue weighted by molar-refractivity contribution is -0.149. The van der Waals surface area contributed by atoms with Crippen molar-refractivity contribution in [2.75, 3.05) is 6.61 Å². The number of esters is 1. The molecule has 0 spiro atoms. The first-order chi connectivity index (χ1) is 13.3. The Labute approximate surface area is 179 Å². The zero-order valence-corrected chi connectivity index (χ0v) is 18.3. The Kier molecular flexibility index (Phi) is 8.01. The molecular formula is C19H18Br2N2O5. The van der Waals surface area contributed by atoms with Crippen LogP contribution in [0.1, 0.15) is 29.8 Å². The standard InChI is InChI=1S/C19H18Br2N2O5/c1-11(2)28-17(24)10-27-14-5-3-12(4-6-14)9-22-23-19(26)15-7-13(20)8-16(21)18(15)25/h3-9,11,25H,10H2,1-2H3,(H,23,26)/b22-9-. The van der Waals surface area contributed by atoms with Crippen molar-refractivity contribution in [3.63, 3.8) is 0 Å². The molecule has 0 fully saturated rings. The van der Waals surface area contributed by atoms with Crippen molar-refractivity contribution in [3.05, 3.63) is 56.5 Å². The Morgan fingerprint density at radius 3 is 2.54 bits per heavy atom. The fraction of sp³-hybridized carbons (Fsp3) is 0.211. The number of benzene rings is 2. The molecule has 9 heteroatoms. The van der Waals surface area contributed by atoms with Crippen LogP contribution in [0, 0.1) is 0 Å². The number of ether oxygens (including phenoxy) is 2. The molecule has 0 atom stereocenters. The number of phenols is 1. The number of hydrogen-bond donors (Lipinski definition) is 2. The van der Waals surface area contributed by atoms with E-state index in [2.05, 4.69) is 42.4 Å². The van der Waals surface area contributed by atoms with Crippen molar-refractivity contribution in [1.82, 2.24) is 5.43 Å². The molecule has 0 aliphatic carbocycles. The van der Waals surface area contributed by atoms with Crippen molar-refractivity contribution < 1.29 is 24.2 Å². The number of aromatic hydroxyl groups is 1. The van der Waals surface area contributed by atoms with Crippen LogP contribution in [0.3, 0.4) is 0 Å². The minimum atomic E-state index is -0.556. The molecule has 1 amide bonds. The number of nitrogens with zero attached hydrogens (tertiary/aromatic N) is 1. The molecule has 0 saturated heterocycles. The molecule has 0 aliphatic heterocycles. The van der Waals surface area contributed by atoms with Gasteiger partial charge in [0, 0.05) is 4.47 Å². The van der Waals surface area contributed by atoms with Crippen LogP contribution in [0.2, 0.25) is 0 Å². The quantitative estimate of drug-likeness (QED) is 0.331. The number of halogens is 2. The summed E-state index contributed by atoms with van der Waals surface area (Å²) in [4.78, 5) is 23.6. The number of carbonyl (C=O) groups is 2. The summed E-state index contributed by atoms with van der Waals surface area (Å²) in [7, 11) is 0. The summed E-state index contributed by atoms with van der Waals surface area (Å²) in [5.74, 6) is -0.663. The van der Waals surface area contributed by atoms with E-state index < -0.39 is 11.9 Å². The van der Waals surface area contributed by atoms with Gasteiger partial charge in [-0.2, -0.15) is 5.10 Å². The Morgan fingerprint density at radius 1 is 1.21 bits per heavy atom. The molecule has 0 aliphatic rings. The highest BCUT2D eigenvalue weighted by atomic mass is 79.9. The minimum Gasteiger partial charge on any atom is -0.506 e. The zero-order valence-electron chi connectivity index (χ0n) is 15.1. The molecule has 7 nitrogen and oxygen atoms in total. The van der Waals surface area contributed by atoms with Crippen molar-refractivity contribution >= 4 is 50.0 Å². The Bertz CT molecular complexity index is 883. The summed E-state index contributed by atoms with van der Waals surface area (Å²) in [6, 6.07) is 9.88. The monoisotopic (exact) mass is 512 g/mol. The molecule has 0 bridgehead atoms. The second kappa shape index (κ2) is 10.2. The number of phenolic OH excluding ortho intramolecular Hbond substituents is 1. The highest BCUT2D eigenvalue weighted by molar-refractivity contribution is 9.11. The smallest absolute Gasteiger partial charge is 0.344 e. The maximum Gasteiger partial charge on any atom is 0.344 e. The fourth-order valence-corrected chi connectivity index (χ4v) is 3.28. The largest absolute Gasteiger partial charge is 0.506 e. The van der Waals surface area contributed by atoms with Gasteiger partial charge in [-0.3, -0.25) is 4.79 Å². The maximum atomic E-state index is 12.1. The first-order valence-electron chi connectivity index (χ1n) is 8.20. The van der Waals surface area contributed by atoms with Gasteiger partial charge in [-0.15, -0.1) is 0 Å². The number of amides is 1. The van der Waals surface area contributed by atoms with E-state index >= 15 is 0 Å². The van der Waals surface area contributed by atoms with Gasteiger partial charge in [0.25, 0.3) is 5.91 Å². The first kappa shape index (κ1) is 21.9. The van der Waals surface area contributed by atoms with Crippen LogP contribution in [0.5, 0.6) is 11.5 Å². The van der Waals surface area contributed by atoms with Crippen LogP contribution in [-0.2, 0) is 9.53 Å². The second-order valence-corrected chi connectivity index (χ2v) is 7.65. The van der Waals surface area contributed by atoms with Crippen LogP contribution < -0.4 is 10.2 Å². The van der Waals surface area contributed by atoms with Gasteiger partial charge in [0.15, 0.2) is 6.61 Å². The lowest BCUT2D eigenvalue weighted by Gasteiger charge is -2.09. The second-order valence-electron chi connectivity index (χ2n) is 5.88. The summed E-state index contributed by atoms with van der Waals surface area (Å²) in [6.07, 6.45) is 1.25. The van der Waals surface area contributed by atoms with Crippen LogP contribution >= 0.6 is 31.9 Å². The van der Waals surface area contributed by atoms with Gasteiger partial charge < -0.3 is 14.6 Å². The number of carbonyl (C=O) groups excluding carboxylic acids is 2. The molecule has 0 radical (unpaired) electrons. The topological polar surface area (TPSA) is 97.2 Å². The van der Waals surface area contributed by atoms with E-state index in [0.717, 1.165) is 0 Å². The molecule has 148 valence electrons. The molecule has 0 aromatic heterocycles. The van der Waals surface area contributed by atoms with Gasteiger partial charge in [-0.25, -0.2) is 10.2 Å². The summed E-state index contributed by atoms with van der Waals surface area (Å²) >= 11 is 6.43. The molecule has 28 heavy (non-hydrogen) atoms. The first-order valence-corrected chi connectivity index (χ1v) is 9.78. The third kappa shape index (κ3) is 6.65. The summed E-state index contributed by atoms with van der Waals surface area (Å²) in [5.41, 5.74) is 3.14. The zero-order chi connectivity index (χ0) is 20.7. The molecule has 2 N–H and O–H groups in total. The predicted molar refractivity (Wildman–Crippen MR) is 112 cm³/mol. The van der Waals surface area contributed by atoms with Gasteiger partial charge in [0.1, 0.15) is 11.5 Å². The lowest BCUT2D eigenvalue weighted by atomic mass is 10.2. The summed E-state index contributed by atoms with van der Waals surface area (Å²) < 4.78 is 11.3. The van der Waals surface area contributed by atoms with E-state index in [1.165, 1.54) is 12.3 Å². The molecular weight excluding hydrogens is 496 g/mol. The third-order valence-corrected chi connectivity index (χ3v) is 4.32. The van der Waals surface area contributed by atoms with Gasteiger partial charge in [-0.05, 0) is 71.7 Å². The van der Waals surface area contributed by atoms with E-state index in [-0.39, 0.29) is 24.0 Å². The SMILES string of the molecule is CC(C)OC(=O)COc1ccc(/C=N\NC(=O)c2cc(Br)cc(Br)c2O)cc1. The molecule has 2 aromatic carbocycles. The maximum absolute atomic E-state index is 12.1. The molecule has 0 unspecified atom stereocenters. The van der Waals surface area contributed by atoms with Crippen molar-refractivity contribution in [1.29, 1.82) is 0 Å². The van der Waals surface area contributed by atoms with Gasteiger partial charge >= 0.3 is 5.97 Å². The number of hydrazone groups is 1. The van der Waals surface area contributed by atoms with Crippen molar-refractivity contribution in [2.24, 2.45) is 5.10 Å². The Hall–Kier alpha value is -2.39. The van der Waals surface area contributed by atoms with E-state index in [1.54, 1.807) is 44.2 Å². The normalized spacial score (nSPS) is 10.9. The van der Waals surface area contributed by atoms with Crippen LogP contribution in [0.15, 0.2) is 50.4 Å². The van der Waals surface area contributed by atoms with E-state index in [4.69, 9.17) is 9.47 Å². The van der Waals surface area contributed by atoms with Crippen molar-refractivity contribution in [3.8, 4) is 11.5 Å². The summed E-state index contributed by atoms with van der Waals surface area (Å²) in [5, 5.41) is 13.8. The van der Waals surface area contributed by atoms with Crippen LogP contribution in [0.4, 0.5) is 0 Å². The minimum absolute atomic E-state index is 0.0791. The van der Waals surface area contributed by atoms with E-state index in [9.17, 15) is 14.7 Å². The Balaban J connectivity index is 1.91. The Morgan fingerprint density at radius 2 is 1.89 bits per heavy atom. The van der Waals surface area contributed by atoms with E-state index in [0.29, 0.717) is 20.3 Å². The molecule has 2 rings (SSSR count).